The van der Waals surface area contributed by atoms with Crippen LogP contribution < -0.4 is 0 Å². The molecule has 0 spiro atoms. The van der Waals surface area contributed by atoms with Crippen molar-refractivity contribution in [3.8, 4) is 17.1 Å². The van der Waals surface area contributed by atoms with E-state index in [4.69, 9.17) is 4.42 Å². The highest BCUT2D eigenvalue weighted by atomic mass is 32.2. The Kier molecular flexibility index (Phi) is 6.86. The molecule has 0 fully saturated rings. The molecule has 2 aromatic carbocycles. The van der Waals surface area contributed by atoms with Gasteiger partial charge in [0.25, 0.3) is 5.22 Å². The number of hydrogen-bond donors (Lipinski definition) is 0. The summed E-state index contributed by atoms with van der Waals surface area (Å²) in [6, 6.07) is 14.3. The Morgan fingerprint density at radius 2 is 1.67 bits per heavy atom. The first-order chi connectivity index (χ1) is 15.9. The Morgan fingerprint density at radius 3 is 2.33 bits per heavy atom. The van der Waals surface area contributed by atoms with Gasteiger partial charge < -0.3 is 4.42 Å². The summed E-state index contributed by atoms with van der Waals surface area (Å²) in [5, 5.41) is 20.4. The van der Waals surface area contributed by atoms with Gasteiger partial charge in [0.15, 0.2) is 5.82 Å². The van der Waals surface area contributed by atoms with Crippen molar-refractivity contribution in [2.24, 2.45) is 0 Å². The van der Waals surface area contributed by atoms with Crippen molar-refractivity contribution in [2.45, 2.75) is 36.6 Å². The molecule has 0 saturated heterocycles. The number of sulfonamides is 1. The average Bonchev–Trinajstić information content (AvgIpc) is 3.49. The van der Waals surface area contributed by atoms with Crippen LogP contribution in [0.2, 0.25) is 0 Å². The predicted octanol–water partition coefficient (Wildman–Crippen LogP) is 3.34. The van der Waals surface area contributed by atoms with Gasteiger partial charge in [-0.2, -0.15) is 8.99 Å². The molecular weight excluding hydrogens is 462 g/mol. The summed E-state index contributed by atoms with van der Waals surface area (Å²) in [6.45, 7) is 6.47. The van der Waals surface area contributed by atoms with Crippen molar-refractivity contribution < 1.29 is 12.8 Å². The number of thioether (sulfide) groups is 1. The van der Waals surface area contributed by atoms with Gasteiger partial charge in [0.05, 0.1) is 16.3 Å². The van der Waals surface area contributed by atoms with E-state index in [0.29, 0.717) is 41.3 Å². The third kappa shape index (κ3) is 4.97. The van der Waals surface area contributed by atoms with Gasteiger partial charge in [-0.1, -0.05) is 43.3 Å². The molecule has 0 bridgehead atoms. The van der Waals surface area contributed by atoms with E-state index in [1.807, 2.05) is 45.0 Å². The zero-order valence-corrected chi connectivity index (χ0v) is 20.0. The van der Waals surface area contributed by atoms with Crippen LogP contribution in [0.15, 0.2) is 63.1 Å². The zero-order valence-electron chi connectivity index (χ0n) is 18.4. The van der Waals surface area contributed by atoms with Crippen LogP contribution in [0.25, 0.3) is 17.1 Å². The molecule has 0 radical (unpaired) electrons. The lowest BCUT2D eigenvalue weighted by Gasteiger charge is -2.18. The zero-order chi connectivity index (χ0) is 23.4. The molecule has 12 heteroatoms. The van der Waals surface area contributed by atoms with Crippen molar-refractivity contribution in [1.82, 2.24) is 34.7 Å². The second-order valence-electron chi connectivity index (χ2n) is 7.12. The van der Waals surface area contributed by atoms with Crippen LogP contribution in [0.1, 0.15) is 25.2 Å². The number of rotatable bonds is 9. The van der Waals surface area contributed by atoms with Crippen molar-refractivity contribution in [1.29, 1.82) is 0 Å². The average molecular weight is 486 g/mol. The first-order valence-corrected chi connectivity index (χ1v) is 12.8. The lowest BCUT2D eigenvalue weighted by atomic mass is 10.2. The molecule has 0 aliphatic carbocycles. The molecule has 10 nitrogen and oxygen atoms in total. The molecule has 2 aromatic heterocycles. The summed E-state index contributed by atoms with van der Waals surface area (Å²) in [7, 11) is -3.52. The van der Waals surface area contributed by atoms with E-state index in [1.165, 1.54) is 16.1 Å². The van der Waals surface area contributed by atoms with Crippen LogP contribution in [0.4, 0.5) is 0 Å². The first kappa shape index (κ1) is 23.1. The Bertz CT molecular complexity index is 1310. The molecule has 0 N–H and O–H groups in total. The van der Waals surface area contributed by atoms with Crippen molar-refractivity contribution in [3.63, 3.8) is 0 Å². The molecule has 0 aliphatic rings. The fourth-order valence-corrected chi connectivity index (χ4v) is 5.30. The summed E-state index contributed by atoms with van der Waals surface area (Å²) in [5.74, 6) is 1.39. The second-order valence-corrected chi connectivity index (χ2v) is 9.98. The highest BCUT2D eigenvalue weighted by Gasteiger charge is 2.22. The number of hydrogen-bond acceptors (Lipinski definition) is 9. The van der Waals surface area contributed by atoms with Gasteiger partial charge in [-0.3, -0.25) is 0 Å². The van der Waals surface area contributed by atoms with E-state index in [-0.39, 0.29) is 4.90 Å². The van der Waals surface area contributed by atoms with Gasteiger partial charge in [-0.15, -0.1) is 15.3 Å². The predicted molar refractivity (Wildman–Crippen MR) is 123 cm³/mol. The molecule has 0 amide bonds. The minimum absolute atomic E-state index is 0.229. The first-order valence-electron chi connectivity index (χ1n) is 10.3. The van der Waals surface area contributed by atoms with Gasteiger partial charge in [0, 0.05) is 18.7 Å². The van der Waals surface area contributed by atoms with E-state index >= 15 is 0 Å². The summed E-state index contributed by atoms with van der Waals surface area (Å²) in [6.07, 6.45) is 0. The molecule has 172 valence electrons. The molecule has 0 saturated carbocycles. The maximum atomic E-state index is 12.6. The van der Waals surface area contributed by atoms with Crippen molar-refractivity contribution in [2.75, 3.05) is 13.1 Å². The summed E-state index contributed by atoms with van der Waals surface area (Å²) in [4.78, 5) is 0.229. The molecule has 0 aliphatic heterocycles. The second kappa shape index (κ2) is 9.81. The fourth-order valence-electron chi connectivity index (χ4n) is 3.18. The van der Waals surface area contributed by atoms with Crippen LogP contribution in [0.3, 0.4) is 0 Å². The molecule has 2 heterocycles. The van der Waals surface area contributed by atoms with Crippen LogP contribution in [-0.2, 0) is 15.8 Å². The molecule has 0 unspecified atom stereocenters. The number of aromatic nitrogens is 6. The summed E-state index contributed by atoms with van der Waals surface area (Å²) >= 11 is 1.32. The molecule has 4 rings (SSSR count). The Hall–Kier alpha value is -3.09. The highest BCUT2D eigenvalue weighted by molar-refractivity contribution is 7.98. The SMILES string of the molecule is CCN(CC)S(=O)(=O)c1ccc(-c2nnc(SCc3nnnn3-c3ccc(C)cc3)o2)cc1. The van der Waals surface area contributed by atoms with Crippen LogP contribution in [0, 0.1) is 6.92 Å². The maximum Gasteiger partial charge on any atom is 0.277 e. The largest absolute Gasteiger partial charge is 0.411 e. The lowest BCUT2D eigenvalue weighted by molar-refractivity contribution is 0.445. The number of nitrogens with zero attached hydrogens (tertiary/aromatic N) is 7. The number of aryl methyl sites for hydroxylation is 1. The van der Waals surface area contributed by atoms with Gasteiger partial charge in [-0.05, 0) is 53.7 Å². The number of benzene rings is 2. The molecule has 4 aromatic rings. The fraction of sp³-hybridized carbons (Fsp3) is 0.286. The van der Waals surface area contributed by atoms with Gasteiger partial charge in [0.2, 0.25) is 15.9 Å². The smallest absolute Gasteiger partial charge is 0.277 e. The van der Waals surface area contributed by atoms with Gasteiger partial charge >= 0.3 is 0 Å². The van der Waals surface area contributed by atoms with Crippen LogP contribution >= 0.6 is 11.8 Å². The third-order valence-electron chi connectivity index (χ3n) is 4.99. The van der Waals surface area contributed by atoms with Gasteiger partial charge in [-0.25, -0.2) is 8.42 Å². The van der Waals surface area contributed by atoms with Crippen molar-refractivity contribution >= 4 is 21.8 Å². The van der Waals surface area contributed by atoms with E-state index in [1.54, 1.807) is 28.9 Å². The number of tetrazole rings is 1. The minimum Gasteiger partial charge on any atom is -0.411 e. The normalized spacial score (nSPS) is 11.9. The molecular formula is C21H23N7O3S2. The van der Waals surface area contributed by atoms with Crippen LogP contribution in [0.5, 0.6) is 0 Å². The Balaban J connectivity index is 1.45. The monoisotopic (exact) mass is 485 g/mol. The Labute approximate surface area is 196 Å². The standard InChI is InChI=1S/C21H23N7O3S2/c1-4-27(5-2)33(29,30)18-12-8-16(9-13-18)20-23-24-21(31-20)32-14-19-22-25-26-28(19)17-10-6-15(3)7-11-17/h6-13H,4-5,14H2,1-3H3. The van der Waals surface area contributed by atoms with E-state index in [0.717, 1.165) is 11.3 Å². The quantitative estimate of drug-likeness (QED) is 0.329. The third-order valence-corrected chi connectivity index (χ3v) is 7.87. The minimum atomic E-state index is -3.52. The van der Waals surface area contributed by atoms with E-state index < -0.39 is 10.0 Å². The highest BCUT2D eigenvalue weighted by Crippen LogP contribution is 2.27. The molecule has 0 atom stereocenters. The summed E-state index contributed by atoms with van der Waals surface area (Å²) < 4.78 is 34.1. The van der Waals surface area contributed by atoms with E-state index in [2.05, 4.69) is 25.7 Å². The Morgan fingerprint density at radius 1 is 0.970 bits per heavy atom. The molecule has 33 heavy (non-hydrogen) atoms. The van der Waals surface area contributed by atoms with Gasteiger partial charge in [0.1, 0.15) is 0 Å². The van der Waals surface area contributed by atoms with Crippen molar-refractivity contribution in [3.05, 3.63) is 59.9 Å². The topological polar surface area (TPSA) is 120 Å². The van der Waals surface area contributed by atoms with Crippen LogP contribution in [-0.4, -0.2) is 56.2 Å². The maximum absolute atomic E-state index is 12.6. The summed E-state index contributed by atoms with van der Waals surface area (Å²) in [5.41, 5.74) is 2.66. The lowest BCUT2D eigenvalue weighted by Crippen LogP contribution is -2.30. The van der Waals surface area contributed by atoms with E-state index in [9.17, 15) is 8.42 Å².